The van der Waals surface area contributed by atoms with Crippen molar-refractivity contribution in [2.45, 2.75) is 25.9 Å². The molecule has 0 spiro atoms. The Morgan fingerprint density at radius 2 is 2.19 bits per heavy atom. The van der Waals surface area contributed by atoms with Crippen molar-refractivity contribution >= 4 is 5.91 Å². The molecule has 5 heteroatoms. The Labute approximate surface area is 124 Å². The number of carbonyl (C=O) groups is 1. The van der Waals surface area contributed by atoms with Crippen LogP contribution in [-0.4, -0.2) is 36.9 Å². The Balaban J connectivity index is 2.91. The average molecular weight is 293 g/mol. The highest BCUT2D eigenvalue weighted by Crippen LogP contribution is 2.12. The molecular formula is C16H20FNO3. The SMILES string of the molecule is COC(C)(C)CNC(=O)c1ccc(F)cc1C#CCCO. The highest BCUT2D eigenvalue weighted by Gasteiger charge is 2.19. The number of halogens is 1. The molecule has 0 aliphatic heterocycles. The summed E-state index contributed by atoms with van der Waals surface area (Å²) in [4.78, 5) is 12.2. The molecule has 21 heavy (non-hydrogen) atoms. The zero-order valence-electron chi connectivity index (χ0n) is 12.5. The van der Waals surface area contributed by atoms with E-state index in [0.29, 0.717) is 17.7 Å². The van der Waals surface area contributed by atoms with Crippen molar-refractivity contribution in [3.05, 3.63) is 35.1 Å². The number of nitrogens with one attached hydrogen (secondary N) is 1. The van der Waals surface area contributed by atoms with E-state index in [9.17, 15) is 9.18 Å². The molecule has 0 saturated carbocycles. The van der Waals surface area contributed by atoms with Crippen LogP contribution in [0.1, 0.15) is 36.2 Å². The summed E-state index contributed by atoms with van der Waals surface area (Å²) in [7, 11) is 1.57. The van der Waals surface area contributed by atoms with Crippen molar-refractivity contribution in [2.75, 3.05) is 20.3 Å². The first-order chi connectivity index (χ1) is 9.89. The predicted octanol–water partition coefficient (Wildman–Crippen LogP) is 1.71. The lowest BCUT2D eigenvalue weighted by atomic mass is 10.1. The van der Waals surface area contributed by atoms with Crippen LogP contribution in [0.5, 0.6) is 0 Å². The summed E-state index contributed by atoms with van der Waals surface area (Å²) in [5, 5.41) is 11.4. The monoisotopic (exact) mass is 293 g/mol. The fourth-order valence-corrected chi connectivity index (χ4v) is 1.49. The third-order valence-electron chi connectivity index (χ3n) is 2.91. The number of benzene rings is 1. The minimum absolute atomic E-state index is 0.0775. The number of methoxy groups -OCH3 is 1. The van der Waals surface area contributed by atoms with Gasteiger partial charge in [-0.05, 0) is 32.0 Å². The van der Waals surface area contributed by atoms with Gasteiger partial charge in [0, 0.05) is 25.6 Å². The molecule has 2 N–H and O–H groups in total. The smallest absolute Gasteiger partial charge is 0.252 e. The van der Waals surface area contributed by atoms with Gasteiger partial charge >= 0.3 is 0 Å². The van der Waals surface area contributed by atoms with Gasteiger partial charge in [-0.15, -0.1) is 0 Å². The molecule has 1 amide bonds. The summed E-state index contributed by atoms with van der Waals surface area (Å²) < 4.78 is 18.5. The van der Waals surface area contributed by atoms with Gasteiger partial charge in [0.15, 0.2) is 0 Å². The van der Waals surface area contributed by atoms with Crippen LogP contribution >= 0.6 is 0 Å². The third-order valence-corrected chi connectivity index (χ3v) is 2.91. The van der Waals surface area contributed by atoms with Crippen molar-refractivity contribution in [2.24, 2.45) is 0 Å². The lowest BCUT2D eigenvalue weighted by molar-refractivity contribution is 0.0228. The summed E-state index contributed by atoms with van der Waals surface area (Å²) in [6, 6.07) is 3.82. The van der Waals surface area contributed by atoms with Gasteiger partial charge < -0.3 is 15.2 Å². The van der Waals surface area contributed by atoms with Crippen molar-refractivity contribution in [1.29, 1.82) is 0 Å². The minimum Gasteiger partial charge on any atom is -0.395 e. The molecule has 0 aliphatic carbocycles. The molecule has 0 unspecified atom stereocenters. The summed E-state index contributed by atoms with van der Waals surface area (Å²) >= 11 is 0. The topological polar surface area (TPSA) is 58.6 Å². The van der Waals surface area contributed by atoms with Crippen molar-refractivity contribution in [3.8, 4) is 11.8 Å². The van der Waals surface area contributed by atoms with Gasteiger partial charge in [-0.1, -0.05) is 11.8 Å². The van der Waals surface area contributed by atoms with Crippen LogP contribution in [0, 0.1) is 17.7 Å². The maximum Gasteiger partial charge on any atom is 0.252 e. The number of aliphatic hydroxyl groups excluding tert-OH is 1. The van der Waals surface area contributed by atoms with E-state index in [1.54, 1.807) is 7.11 Å². The Morgan fingerprint density at radius 1 is 1.48 bits per heavy atom. The molecular weight excluding hydrogens is 273 g/mol. The molecule has 0 bridgehead atoms. The summed E-state index contributed by atoms with van der Waals surface area (Å²) in [6.45, 7) is 3.94. The number of ether oxygens (including phenoxy) is 1. The van der Waals surface area contributed by atoms with Crippen LogP contribution in [0.4, 0.5) is 4.39 Å². The molecule has 0 atom stereocenters. The Hall–Kier alpha value is -1.90. The van der Waals surface area contributed by atoms with Crippen LogP contribution in [-0.2, 0) is 4.74 Å². The first-order valence-electron chi connectivity index (χ1n) is 6.62. The van der Waals surface area contributed by atoms with Gasteiger partial charge in [0.1, 0.15) is 5.82 Å². The minimum atomic E-state index is -0.488. The Kier molecular flexibility index (Phi) is 6.35. The van der Waals surface area contributed by atoms with Gasteiger partial charge in [-0.2, -0.15) is 0 Å². The first-order valence-corrected chi connectivity index (χ1v) is 6.62. The average Bonchev–Trinajstić information content (AvgIpc) is 2.45. The molecule has 0 aromatic heterocycles. The van der Waals surface area contributed by atoms with Crippen LogP contribution < -0.4 is 5.32 Å². The van der Waals surface area contributed by atoms with Crippen LogP contribution in [0.15, 0.2) is 18.2 Å². The van der Waals surface area contributed by atoms with E-state index < -0.39 is 11.4 Å². The van der Waals surface area contributed by atoms with Crippen LogP contribution in [0.2, 0.25) is 0 Å². The fraction of sp³-hybridized carbons (Fsp3) is 0.438. The maximum absolute atomic E-state index is 13.3. The lowest BCUT2D eigenvalue weighted by Crippen LogP contribution is -2.39. The lowest BCUT2D eigenvalue weighted by Gasteiger charge is -2.23. The number of carbonyl (C=O) groups excluding carboxylic acids is 1. The summed E-state index contributed by atoms with van der Waals surface area (Å²) in [6.07, 6.45) is 0.272. The van der Waals surface area contributed by atoms with Crippen molar-refractivity contribution < 1.29 is 19.0 Å². The number of hydrogen-bond donors (Lipinski definition) is 2. The summed E-state index contributed by atoms with van der Waals surface area (Å²) in [5.41, 5.74) is 0.114. The molecule has 0 radical (unpaired) electrons. The fourth-order valence-electron chi connectivity index (χ4n) is 1.49. The molecule has 1 aromatic rings. The molecule has 0 fully saturated rings. The standard InChI is InChI=1S/C16H20FNO3/c1-16(2,21-3)11-18-15(20)14-8-7-13(17)10-12(14)6-4-5-9-19/h7-8,10,19H,5,9,11H2,1-3H3,(H,18,20). The van der Waals surface area contributed by atoms with Gasteiger partial charge in [-0.25, -0.2) is 4.39 Å². The van der Waals surface area contributed by atoms with E-state index in [4.69, 9.17) is 9.84 Å². The molecule has 114 valence electrons. The van der Waals surface area contributed by atoms with Crippen molar-refractivity contribution in [1.82, 2.24) is 5.32 Å². The number of rotatable bonds is 5. The molecule has 1 rings (SSSR count). The Bertz CT molecular complexity index is 558. The second-order valence-electron chi connectivity index (χ2n) is 5.11. The maximum atomic E-state index is 13.3. The second-order valence-corrected chi connectivity index (χ2v) is 5.11. The molecule has 4 nitrogen and oxygen atoms in total. The zero-order chi connectivity index (χ0) is 15.9. The normalized spacial score (nSPS) is 10.7. The third kappa shape index (κ3) is 5.54. The van der Waals surface area contributed by atoms with Crippen molar-refractivity contribution in [3.63, 3.8) is 0 Å². The highest BCUT2D eigenvalue weighted by molar-refractivity contribution is 5.96. The molecule has 0 aliphatic rings. The number of hydrogen-bond acceptors (Lipinski definition) is 3. The highest BCUT2D eigenvalue weighted by atomic mass is 19.1. The second kappa shape index (κ2) is 7.77. The van der Waals surface area contributed by atoms with Crippen LogP contribution in [0.3, 0.4) is 0 Å². The molecule has 1 aromatic carbocycles. The number of aliphatic hydroxyl groups is 1. The number of amides is 1. The van der Waals surface area contributed by atoms with Gasteiger partial charge in [-0.3, -0.25) is 4.79 Å². The van der Waals surface area contributed by atoms with Gasteiger partial charge in [0.25, 0.3) is 5.91 Å². The largest absolute Gasteiger partial charge is 0.395 e. The predicted molar refractivity (Wildman–Crippen MR) is 78.4 cm³/mol. The van der Waals surface area contributed by atoms with Gasteiger partial charge in [0.2, 0.25) is 0 Å². The van der Waals surface area contributed by atoms with Gasteiger partial charge in [0.05, 0.1) is 17.8 Å². The summed E-state index contributed by atoms with van der Waals surface area (Å²) in [5.74, 6) is 4.59. The first kappa shape index (κ1) is 17.2. The van der Waals surface area contributed by atoms with E-state index in [1.807, 2.05) is 13.8 Å². The van der Waals surface area contributed by atoms with E-state index >= 15 is 0 Å². The van der Waals surface area contributed by atoms with E-state index in [-0.39, 0.29) is 18.9 Å². The molecule has 0 heterocycles. The van der Waals surface area contributed by atoms with E-state index in [1.165, 1.54) is 18.2 Å². The quantitative estimate of drug-likeness (QED) is 0.813. The van der Waals surface area contributed by atoms with Crippen LogP contribution in [0.25, 0.3) is 0 Å². The van der Waals surface area contributed by atoms with E-state index in [0.717, 1.165) is 0 Å². The zero-order valence-corrected chi connectivity index (χ0v) is 12.5. The molecule has 0 saturated heterocycles. The Morgan fingerprint density at radius 3 is 2.81 bits per heavy atom. The van der Waals surface area contributed by atoms with E-state index in [2.05, 4.69) is 17.2 Å².